The molecule has 2 aromatic rings. The fourth-order valence-corrected chi connectivity index (χ4v) is 3.45. The van der Waals surface area contributed by atoms with Crippen LogP contribution in [-0.4, -0.2) is 48.2 Å². The zero-order chi connectivity index (χ0) is 19.9. The smallest absolute Gasteiger partial charge is 0.264 e. The maximum atomic E-state index is 12.7. The highest BCUT2D eigenvalue weighted by Crippen LogP contribution is 2.24. The molecule has 1 amide bonds. The van der Waals surface area contributed by atoms with E-state index >= 15 is 0 Å². The van der Waals surface area contributed by atoms with Gasteiger partial charge >= 0.3 is 0 Å². The molecule has 0 saturated heterocycles. The van der Waals surface area contributed by atoms with Crippen molar-refractivity contribution in [2.75, 3.05) is 38.2 Å². The number of ether oxygens (including phenoxy) is 2. The first kappa shape index (κ1) is 20.7. The molecule has 146 valence electrons. The lowest BCUT2D eigenvalue weighted by Crippen LogP contribution is -2.31. The molecule has 0 spiro atoms. The van der Waals surface area contributed by atoms with E-state index in [4.69, 9.17) is 9.47 Å². The van der Waals surface area contributed by atoms with Crippen LogP contribution >= 0.6 is 0 Å². The predicted octanol–water partition coefficient (Wildman–Crippen LogP) is 1.96. The minimum absolute atomic E-state index is 0.124. The Morgan fingerprint density at radius 2 is 1.70 bits per heavy atom. The zero-order valence-corrected chi connectivity index (χ0v) is 16.5. The van der Waals surface area contributed by atoms with Crippen LogP contribution in [0.1, 0.15) is 5.56 Å². The van der Waals surface area contributed by atoms with Crippen molar-refractivity contribution in [3.8, 4) is 5.75 Å². The number of hydrogen-bond acceptors (Lipinski definition) is 5. The average Bonchev–Trinajstić information content (AvgIpc) is 2.67. The molecule has 27 heavy (non-hydrogen) atoms. The van der Waals surface area contributed by atoms with Gasteiger partial charge in [-0.15, -0.1) is 0 Å². The molecule has 0 heterocycles. The Kier molecular flexibility index (Phi) is 7.20. The van der Waals surface area contributed by atoms with Crippen molar-refractivity contribution in [2.45, 2.75) is 11.8 Å². The second-order valence-electron chi connectivity index (χ2n) is 5.91. The van der Waals surface area contributed by atoms with Gasteiger partial charge in [-0.2, -0.15) is 0 Å². The number of carbonyl (C=O) groups excluding carboxylic acids is 1. The molecule has 1 N–H and O–H groups in total. The largest absolute Gasteiger partial charge is 0.484 e. The highest BCUT2D eigenvalue weighted by molar-refractivity contribution is 7.92. The van der Waals surface area contributed by atoms with Gasteiger partial charge in [0.05, 0.1) is 17.2 Å². The zero-order valence-electron chi connectivity index (χ0n) is 15.6. The maximum Gasteiger partial charge on any atom is 0.264 e. The van der Waals surface area contributed by atoms with E-state index in [2.05, 4.69) is 5.32 Å². The molecule has 0 unspecified atom stereocenters. The van der Waals surface area contributed by atoms with Crippen LogP contribution in [0.3, 0.4) is 0 Å². The number of amides is 1. The third-order valence-electron chi connectivity index (χ3n) is 3.88. The van der Waals surface area contributed by atoms with E-state index in [0.29, 0.717) is 24.6 Å². The maximum absolute atomic E-state index is 12.7. The highest BCUT2D eigenvalue weighted by Gasteiger charge is 2.21. The SMILES string of the molecule is COCCNC(=O)COc1ccc(N(C)S(=O)(=O)c2ccc(C)cc2)cc1. The monoisotopic (exact) mass is 392 g/mol. The molecule has 0 aliphatic heterocycles. The van der Waals surface area contributed by atoms with E-state index in [0.717, 1.165) is 5.56 Å². The minimum Gasteiger partial charge on any atom is -0.484 e. The van der Waals surface area contributed by atoms with E-state index in [-0.39, 0.29) is 17.4 Å². The molecular formula is C19H24N2O5S. The number of aryl methyl sites for hydroxylation is 1. The van der Waals surface area contributed by atoms with Crippen LogP contribution in [0.15, 0.2) is 53.4 Å². The van der Waals surface area contributed by atoms with Crippen LogP contribution in [0.4, 0.5) is 5.69 Å². The van der Waals surface area contributed by atoms with Crippen LogP contribution in [0.2, 0.25) is 0 Å². The van der Waals surface area contributed by atoms with E-state index in [1.807, 2.05) is 6.92 Å². The van der Waals surface area contributed by atoms with Crippen molar-refractivity contribution in [1.29, 1.82) is 0 Å². The molecule has 2 aromatic carbocycles. The Bertz CT molecular complexity index is 849. The van der Waals surface area contributed by atoms with Crippen LogP contribution in [0, 0.1) is 6.92 Å². The fourth-order valence-electron chi connectivity index (χ4n) is 2.25. The molecule has 0 radical (unpaired) electrons. The van der Waals surface area contributed by atoms with Crippen molar-refractivity contribution < 1.29 is 22.7 Å². The highest BCUT2D eigenvalue weighted by atomic mass is 32.2. The molecule has 7 nitrogen and oxygen atoms in total. The summed E-state index contributed by atoms with van der Waals surface area (Å²) in [4.78, 5) is 11.8. The average molecular weight is 392 g/mol. The number of sulfonamides is 1. The van der Waals surface area contributed by atoms with Crippen molar-refractivity contribution >= 4 is 21.6 Å². The normalized spacial score (nSPS) is 11.1. The topological polar surface area (TPSA) is 84.9 Å². The lowest BCUT2D eigenvalue weighted by molar-refractivity contribution is -0.123. The second kappa shape index (κ2) is 9.38. The van der Waals surface area contributed by atoms with E-state index in [1.165, 1.54) is 11.4 Å². The molecule has 0 aliphatic rings. The summed E-state index contributed by atoms with van der Waals surface area (Å²) in [7, 11) is -0.593. The van der Waals surface area contributed by atoms with Crippen LogP contribution in [-0.2, 0) is 19.6 Å². The first-order chi connectivity index (χ1) is 12.8. The number of benzene rings is 2. The Morgan fingerprint density at radius 3 is 2.30 bits per heavy atom. The Hall–Kier alpha value is -2.58. The summed E-state index contributed by atoms with van der Waals surface area (Å²) in [5.41, 5.74) is 1.48. The van der Waals surface area contributed by atoms with Gasteiger partial charge in [0, 0.05) is 20.7 Å². The second-order valence-corrected chi connectivity index (χ2v) is 7.88. The quantitative estimate of drug-likeness (QED) is 0.660. The number of nitrogens with zero attached hydrogens (tertiary/aromatic N) is 1. The molecule has 0 fully saturated rings. The Labute approximate surface area is 160 Å². The molecule has 2 rings (SSSR count). The number of anilines is 1. The lowest BCUT2D eigenvalue weighted by Gasteiger charge is -2.20. The summed E-state index contributed by atoms with van der Waals surface area (Å²) >= 11 is 0. The summed E-state index contributed by atoms with van der Waals surface area (Å²) in [6.07, 6.45) is 0. The molecule has 0 aliphatic carbocycles. The van der Waals surface area contributed by atoms with Crippen molar-refractivity contribution in [2.24, 2.45) is 0 Å². The molecular weight excluding hydrogens is 368 g/mol. The number of hydrogen-bond donors (Lipinski definition) is 1. The molecule has 0 saturated carbocycles. The molecule has 0 bridgehead atoms. The predicted molar refractivity (Wildman–Crippen MR) is 104 cm³/mol. The van der Waals surface area contributed by atoms with Crippen LogP contribution < -0.4 is 14.4 Å². The first-order valence-corrected chi connectivity index (χ1v) is 9.82. The van der Waals surface area contributed by atoms with Crippen LogP contribution in [0.25, 0.3) is 0 Å². The summed E-state index contributed by atoms with van der Waals surface area (Å²) in [6, 6.07) is 13.2. The molecule has 0 atom stereocenters. The molecule has 8 heteroatoms. The lowest BCUT2D eigenvalue weighted by atomic mass is 10.2. The number of methoxy groups -OCH3 is 1. The fraction of sp³-hybridized carbons (Fsp3) is 0.316. The van der Waals surface area contributed by atoms with Crippen molar-refractivity contribution in [1.82, 2.24) is 5.32 Å². The number of carbonyl (C=O) groups is 1. The van der Waals surface area contributed by atoms with Gasteiger partial charge in [-0.3, -0.25) is 9.10 Å². The standard InChI is InChI=1S/C19H24N2O5S/c1-15-4-10-18(11-5-15)27(23,24)21(2)16-6-8-17(9-7-16)26-14-19(22)20-12-13-25-3/h4-11H,12-14H2,1-3H3,(H,20,22). The Balaban J connectivity index is 1.99. The van der Waals surface area contributed by atoms with E-state index in [1.54, 1.807) is 55.6 Å². The van der Waals surface area contributed by atoms with Gasteiger partial charge in [0.25, 0.3) is 15.9 Å². The van der Waals surface area contributed by atoms with Gasteiger partial charge in [0.1, 0.15) is 5.75 Å². The van der Waals surface area contributed by atoms with Crippen molar-refractivity contribution in [3.63, 3.8) is 0 Å². The van der Waals surface area contributed by atoms with Gasteiger partial charge in [-0.05, 0) is 43.3 Å². The van der Waals surface area contributed by atoms with Gasteiger partial charge in [0.15, 0.2) is 6.61 Å². The van der Waals surface area contributed by atoms with E-state index in [9.17, 15) is 13.2 Å². The minimum atomic E-state index is -3.64. The summed E-state index contributed by atoms with van der Waals surface area (Å²) in [5.74, 6) is 0.219. The molecule has 0 aromatic heterocycles. The van der Waals surface area contributed by atoms with Gasteiger partial charge in [-0.1, -0.05) is 17.7 Å². The summed E-state index contributed by atoms with van der Waals surface area (Å²) in [6.45, 7) is 2.62. The number of rotatable bonds is 9. The summed E-state index contributed by atoms with van der Waals surface area (Å²) in [5, 5.41) is 2.65. The van der Waals surface area contributed by atoms with E-state index < -0.39 is 10.0 Å². The first-order valence-electron chi connectivity index (χ1n) is 8.38. The van der Waals surface area contributed by atoms with Gasteiger partial charge < -0.3 is 14.8 Å². The van der Waals surface area contributed by atoms with Crippen LogP contribution in [0.5, 0.6) is 5.75 Å². The third kappa shape index (κ3) is 5.70. The van der Waals surface area contributed by atoms with Gasteiger partial charge in [0.2, 0.25) is 0 Å². The third-order valence-corrected chi connectivity index (χ3v) is 5.68. The van der Waals surface area contributed by atoms with Crippen molar-refractivity contribution in [3.05, 3.63) is 54.1 Å². The summed E-state index contributed by atoms with van der Waals surface area (Å²) < 4.78 is 36.9. The number of nitrogens with one attached hydrogen (secondary N) is 1. The van der Waals surface area contributed by atoms with Gasteiger partial charge in [-0.25, -0.2) is 8.42 Å². The Morgan fingerprint density at radius 1 is 1.07 bits per heavy atom.